The molecule has 102 valence electrons. The van der Waals surface area contributed by atoms with Crippen molar-refractivity contribution in [1.29, 1.82) is 0 Å². The summed E-state index contributed by atoms with van der Waals surface area (Å²) in [6.07, 6.45) is 5.00. The second-order valence-electron chi connectivity index (χ2n) is 6.50. The molecule has 0 atom stereocenters. The number of benzene rings is 1. The normalized spacial score (nSPS) is 11.9. The fourth-order valence-corrected chi connectivity index (χ4v) is 2.59. The van der Waals surface area contributed by atoms with Gasteiger partial charge in [0.1, 0.15) is 5.82 Å². The van der Waals surface area contributed by atoms with Crippen LogP contribution in [0.5, 0.6) is 0 Å². The summed E-state index contributed by atoms with van der Waals surface area (Å²) in [5.41, 5.74) is 2.90. The zero-order chi connectivity index (χ0) is 14.2. The van der Waals surface area contributed by atoms with E-state index in [1.165, 1.54) is 16.5 Å². The Kier molecular flexibility index (Phi) is 3.09. The van der Waals surface area contributed by atoms with Crippen molar-refractivity contribution >= 4 is 10.9 Å². The Bertz CT molecular complexity index is 718. The minimum absolute atomic E-state index is 0.302. The van der Waals surface area contributed by atoms with Gasteiger partial charge in [-0.1, -0.05) is 39.0 Å². The zero-order valence-corrected chi connectivity index (χ0v) is 12.3. The van der Waals surface area contributed by atoms with Gasteiger partial charge in [-0.25, -0.2) is 4.98 Å². The summed E-state index contributed by atoms with van der Waals surface area (Å²) in [6.45, 7) is 6.82. The number of hydrogen-bond acceptors (Lipinski definition) is 1. The molecular weight excluding hydrogens is 244 g/mol. The summed E-state index contributed by atoms with van der Waals surface area (Å²) in [5.74, 6) is 0.968. The Morgan fingerprint density at radius 2 is 1.90 bits per heavy atom. The third-order valence-electron chi connectivity index (χ3n) is 3.39. The van der Waals surface area contributed by atoms with Gasteiger partial charge < -0.3 is 4.57 Å². The minimum Gasteiger partial charge on any atom is -0.301 e. The van der Waals surface area contributed by atoms with Crippen molar-refractivity contribution in [2.45, 2.75) is 27.2 Å². The van der Waals surface area contributed by atoms with E-state index < -0.39 is 0 Å². The fourth-order valence-electron chi connectivity index (χ4n) is 2.59. The van der Waals surface area contributed by atoms with Crippen molar-refractivity contribution in [2.75, 3.05) is 0 Å². The van der Waals surface area contributed by atoms with Gasteiger partial charge >= 0.3 is 0 Å². The predicted octanol–water partition coefficient (Wildman–Crippen LogP) is 4.61. The van der Waals surface area contributed by atoms with E-state index in [-0.39, 0.29) is 0 Å². The number of rotatable bonds is 2. The first kappa shape index (κ1) is 12.9. The molecule has 3 rings (SSSR count). The van der Waals surface area contributed by atoms with E-state index in [1.807, 2.05) is 24.4 Å². The highest BCUT2D eigenvalue weighted by atomic mass is 15.0. The van der Waals surface area contributed by atoms with Crippen LogP contribution in [0, 0.1) is 5.41 Å². The Balaban J connectivity index is 2.09. The predicted molar refractivity (Wildman–Crippen MR) is 84.2 cm³/mol. The molecule has 0 bridgehead atoms. The van der Waals surface area contributed by atoms with Crippen LogP contribution >= 0.6 is 0 Å². The van der Waals surface area contributed by atoms with Gasteiger partial charge in [0.2, 0.25) is 0 Å². The van der Waals surface area contributed by atoms with Gasteiger partial charge in [0.05, 0.1) is 5.52 Å². The van der Waals surface area contributed by atoms with Gasteiger partial charge in [0.15, 0.2) is 0 Å². The van der Waals surface area contributed by atoms with Crippen LogP contribution in [0.1, 0.15) is 26.3 Å². The molecule has 0 fully saturated rings. The summed E-state index contributed by atoms with van der Waals surface area (Å²) >= 11 is 0. The van der Waals surface area contributed by atoms with E-state index >= 15 is 0 Å². The lowest BCUT2D eigenvalue weighted by Gasteiger charge is -2.18. The summed E-state index contributed by atoms with van der Waals surface area (Å²) in [4.78, 5) is 4.44. The van der Waals surface area contributed by atoms with E-state index in [1.54, 1.807) is 0 Å². The molecule has 20 heavy (non-hydrogen) atoms. The molecule has 0 saturated heterocycles. The molecule has 0 N–H and O–H groups in total. The Hall–Kier alpha value is -2.09. The second kappa shape index (κ2) is 4.78. The number of nitrogens with zero attached hydrogens (tertiary/aromatic N) is 2. The fraction of sp³-hybridized carbons (Fsp3) is 0.278. The van der Waals surface area contributed by atoms with Crippen LogP contribution in [0.2, 0.25) is 0 Å². The van der Waals surface area contributed by atoms with Gasteiger partial charge in [0, 0.05) is 17.8 Å². The largest absolute Gasteiger partial charge is 0.301 e. The molecule has 2 heterocycles. The highest BCUT2D eigenvalue weighted by molar-refractivity contribution is 5.82. The molecule has 1 aromatic carbocycles. The van der Waals surface area contributed by atoms with Crippen LogP contribution in [0.4, 0.5) is 0 Å². The maximum absolute atomic E-state index is 4.44. The number of pyridine rings is 1. The van der Waals surface area contributed by atoms with Gasteiger partial charge in [-0.3, -0.25) is 0 Å². The monoisotopic (exact) mass is 264 g/mol. The lowest BCUT2D eigenvalue weighted by molar-refractivity contribution is 0.411. The van der Waals surface area contributed by atoms with Crippen LogP contribution in [0.3, 0.4) is 0 Å². The lowest BCUT2D eigenvalue weighted by atomic mass is 9.88. The van der Waals surface area contributed by atoms with Crippen LogP contribution in [0.15, 0.2) is 54.9 Å². The van der Waals surface area contributed by atoms with Crippen molar-refractivity contribution < 1.29 is 0 Å². The molecule has 0 aliphatic rings. The zero-order valence-electron chi connectivity index (χ0n) is 12.3. The molecule has 0 saturated carbocycles. The number of fused-ring (bicyclic) bond motifs is 1. The third-order valence-corrected chi connectivity index (χ3v) is 3.39. The smallest absolute Gasteiger partial charge is 0.137 e. The SMILES string of the molecule is CC(C)(C)Cc1ccc2ccn(-c3ccccn3)c2c1. The molecule has 3 aromatic rings. The molecule has 0 aliphatic carbocycles. The van der Waals surface area contributed by atoms with E-state index in [2.05, 4.69) is 60.8 Å². The molecule has 2 aromatic heterocycles. The summed E-state index contributed by atoms with van der Waals surface area (Å²) in [7, 11) is 0. The molecule has 2 nitrogen and oxygen atoms in total. The van der Waals surface area contributed by atoms with Crippen molar-refractivity contribution in [1.82, 2.24) is 9.55 Å². The molecule has 0 amide bonds. The van der Waals surface area contributed by atoms with Gasteiger partial charge in [-0.15, -0.1) is 0 Å². The Labute approximate surface area is 120 Å². The van der Waals surface area contributed by atoms with Crippen LogP contribution in [-0.2, 0) is 6.42 Å². The van der Waals surface area contributed by atoms with Crippen LogP contribution < -0.4 is 0 Å². The van der Waals surface area contributed by atoms with Crippen molar-refractivity contribution in [3.8, 4) is 5.82 Å². The van der Waals surface area contributed by atoms with Crippen LogP contribution in [0.25, 0.3) is 16.7 Å². The first-order valence-electron chi connectivity index (χ1n) is 7.04. The van der Waals surface area contributed by atoms with E-state index in [0.29, 0.717) is 5.41 Å². The van der Waals surface area contributed by atoms with Gasteiger partial charge in [0.25, 0.3) is 0 Å². The van der Waals surface area contributed by atoms with Gasteiger partial charge in [-0.05, 0) is 41.7 Å². The van der Waals surface area contributed by atoms with Crippen molar-refractivity contribution in [3.63, 3.8) is 0 Å². The Morgan fingerprint density at radius 3 is 2.60 bits per heavy atom. The van der Waals surface area contributed by atoms with Gasteiger partial charge in [-0.2, -0.15) is 0 Å². The second-order valence-corrected chi connectivity index (χ2v) is 6.50. The molecule has 2 heteroatoms. The number of hydrogen-bond donors (Lipinski definition) is 0. The molecule has 0 unspecified atom stereocenters. The van der Waals surface area contributed by atoms with E-state index in [0.717, 1.165) is 12.2 Å². The summed E-state index contributed by atoms with van der Waals surface area (Å²) in [6, 6.07) is 14.9. The third kappa shape index (κ3) is 2.60. The summed E-state index contributed by atoms with van der Waals surface area (Å²) < 4.78 is 2.15. The first-order valence-corrected chi connectivity index (χ1v) is 7.04. The first-order chi connectivity index (χ1) is 9.53. The van der Waals surface area contributed by atoms with E-state index in [4.69, 9.17) is 0 Å². The average molecular weight is 264 g/mol. The highest BCUT2D eigenvalue weighted by Crippen LogP contribution is 2.25. The molecule has 0 aliphatic heterocycles. The van der Waals surface area contributed by atoms with Crippen LogP contribution in [-0.4, -0.2) is 9.55 Å². The quantitative estimate of drug-likeness (QED) is 0.660. The Morgan fingerprint density at radius 1 is 1.05 bits per heavy atom. The topological polar surface area (TPSA) is 17.8 Å². The lowest BCUT2D eigenvalue weighted by Crippen LogP contribution is -2.09. The molecule has 0 radical (unpaired) electrons. The average Bonchev–Trinajstić information content (AvgIpc) is 2.81. The molecule has 0 spiro atoms. The standard InChI is InChI=1S/C18H20N2/c1-18(2,3)13-14-7-8-15-9-11-20(16(15)12-14)17-6-4-5-10-19-17/h4-12H,13H2,1-3H3. The van der Waals surface area contributed by atoms with Crippen molar-refractivity contribution in [2.24, 2.45) is 5.41 Å². The maximum Gasteiger partial charge on any atom is 0.137 e. The van der Waals surface area contributed by atoms with E-state index in [9.17, 15) is 0 Å². The maximum atomic E-state index is 4.44. The summed E-state index contributed by atoms with van der Waals surface area (Å²) in [5, 5.41) is 1.26. The highest BCUT2D eigenvalue weighted by Gasteiger charge is 2.12. The minimum atomic E-state index is 0.302. The van der Waals surface area contributed by atoms with Crippen molar-refractivity contribution in [3.05, 3.63) is 60.4 Å². The molecular formula is C18H20N2. The number of aromatic nitrogens is 2.